The molecule has 4 aromatic rings. The van der Waals surface area contributed by atoms with E-state index in [1.54, 1.807) is 29.3 Å². The molecule has 0 unspecified atom stereocenters. The van der Waals surface area contributed by atoms with Crippen LogP contribution >= 0.6 is 0 Å². The third-order valence-corrected chi connectivity index (χ3v) is 9.22. The van der Waals surface area contributed by atoms with Gasteiger partial charge in [-0.2, -0.15) is 13.2 Å². The van der Waals surface area contributed by atoms with Crippen molar-refractivity contribution in [2.24, 2.45) is 0 Å². The number of alkyl halides is 3. The summed E-state index contributed by atoms with van der Waals surface area (Å²) in [6.07, 6.45) is -3.51. The Morgan fingerprint density at radius 2 is 1.71 bits per heavy atom. The van der Waals surface area contributed by atoms with Gasteiger partial charge in [-0.25, -0.2) is 9.07 Å². The lowest BCUT2D eigenvalue weighted by Gasteiger charge is -2.43. The highest BCUT2D eigenvalue weighted by atomic mass is 19.4. The largest absolute Gasteiger partial charge is 0.491 e. The van der Waals surface area contributed by atoms with Crippen LogP contribution < -0.4 is 4.74 Å². The number of nitrogens with zero attached hydrogens (tertiary/aromatic N) is 6. The van der Waals surface area contributed by atoms with Crippen molar-refractivity contribution in [3.8, 4) is 5.75 Å². The average Bonchev–Trinajstić information content (AvgIpc) is 3.74. The molecule has 0 saturated carbocycles. The molecule has 2 saturated heterocycles. The van der Waals surface area contributed by atoms with Gasteiger partial charge in [-0.15, -0.1) is 5.10 Å². The van der Waals surface area contributed by atoms with Crippen molar-refractivity contribution in [2.75, 3.05) is 32.8 Å². The number of aromatic nitrogens is 3. The summed E-state index contributed by atoms with van der Waals surface area (Å²) >= 11 is 0. The number of halogens is 4. The van der Waals surface area contributed by atoms with E-state index in [9.17, 15) is 27.2 Å². The molecule has 2 amide bonds. The van der Waals surface area contributed by atoms with Gasteiger partial charge in [0.15, 0.2) is 0 Å². The fourth-order valence-electron chi connectivity index (χ4n) is 6.73. The minimum absolute atomic E-state index is 0.00356. The number of ether oxygens (including phenoxy) is 2. The molecule has 0 spiro atoms. The lowest BCUT2D eigenvalue weighted by molar-refractivity contribution is -0.142. The van der Waals surface area contributed by atoms with E-state index in [-0.39, 0.29) is 55.8 Å². The number of fused-ring (bicyclic) bond motifs is 3. The highest BCUT2D eigenvalue weighted by Crippen LogP contribution is 2.36. The second kappa shape index (κ2) is 13.6. The summed E-state index contributed by atoms with van der Waals surface area (Å²) in [5.74, 6) is -1.36. The maximum Gasteiger partial charge on any atom is 0.416 e. The first-order valence-corrected chi connectivity index (χ1v) is 16.1. The predicted octanol–water partition coefficient (Wildman–Crippen LogP) is 4.39. The van der Waals surface area contributed by atoms with Crippen LogP contribution in [0.1, 0.15) is 39.2 Å². The number of rotatable bonds is 7. The Balaban J connectivity index is 1.12. The van der Waals surface area contributed by atoms with Crippen LogP contribution in [0.25, 0.3) is 0 Å². The Morgan fingerprint density at radius 3 is 2.51 bits per heavy atom. The van der Waals surface area contributed by atoms with Gasteiger partial charge in [0.2, 0.25) is 5.91 Å². The molecule has 4 heterocycles. The summed E-state index contributed by atoms with van der Waals surface area (Å²) in [6.45, 7) is 2.32. The van der Waals surface area contributed by atoms with E-state index in [1.807, 2.05) is 30.3 Å². The zero-order valence-electron chi connectivity index (χ0n) is 26.4. The highest BCUT2D eigenvalue weighted by molar-refractivity contribution is 6.00. The van der Waals surface area contributed by atoms with E-state index >= 15 is 0 Å². The van der Waals surface area contributed by atoms with Crippen LogP contribution in [0.3, 0.4) is 0 Å². The molecule has 3 aromatic carbocycles. The molecule has 0 aliphatic carbocycles. The molecule has 3 atom stereocenters. The van der Waals surface area contributed by atoms with Crippen molar-refractivity contribution in [1.82, 2.24) is 29.7 Å². The van der Waals surface area contributed by atoms with Gasteiger partial charge in [-0.1, -0.05) is 53.7 Å². The van der Waals surface area contributed by atoms with Crippen molar-refractivity contribution in [2.45, 2.75) is 50.5 Å². The first-order chi connectivity index (χ1) is 23.6. The molecule has 1 aromatic heterocycles. The number of carbonyl (C=O) groups excluding carboxylic acids is 2. The van der Waals surface area contributed by atoms with E-state index < -0.39 is 35.8 Å². The van der Waals surface area contributed by atoms with Crippen molar-refractivity contribution in [1.29, 1.82) is 0 Å². The van der Waals surface area contributed by atoms with E-state index in [1.165, 1.54) is 21.7 Å². The summed E-state index contributed by atoms with van der Waals surface area (Å²) in [6, 6.07) is 17.8. The summed E-state index contributed by atoms with van der Waals surface area (Å²) in [4.78, 5) is 33.5. The number of carbonyl (C=O) groups is 2. The Kier molecular flexibility index (Phi) is 9.07. The van der Waals surface area contributed by atoms with Crippen LogP contribution in [0, 0.1) is 5.82 Å². The maximum absolute atomic E-state index is 14.2. The molecule has 0 radical (unpaired) electrons. The van der Waals surface area contributed by atoms with Crippen molar-refractivity contribution >= 4 is 11.8 Å². The Labute approximate surface area is 279 Å². The van der Waals surface area contributed by atoms with Gasteiger partial charge in [0.05, 0.1) is 42.6 Å². The fourth-order valence-corrected chi connectivity index (χ4v) is 6.73. The molecule has 14 heteroatoms. The van der Waals surface area contributed by atoms with Gasteiger partial charge in [0.1, 0.15) is 29.9 Å². The highest BCUT2D eigenvalue weighted by Gasteiger charge is 2.46. The molecule has 49 heavy (non-hydrogen) atoms. The van der Waals surface area contributed by atoms with Crippen LogP contribution in [0.2, 0.25) is 0 Å². The molecular weight excluding hydrogens is 644 g/mol. The molecule has 3 aliphatic heterocycles. The Bertz CT molecular complexity index is 1820. The van der Waals surface area contributed by atoms with E-state index in [2.05, 4.69) is 15.2 Å². The second-order valence-electron chi connectivity index (χ2n) is 12.6. The molecule has 2 fully saturated rings. The second-order valence-corrected chi connectivity index (χ2v) is 12.6. The van der Waals surface area contributed by atoms with Gasteiger partial charge in [-0.05, 0) is 29.8 Å². The lowest BCUT2D eigenvalue weighted by atomic mass is 10.0. The van der Waals surface area contributed by atoms with Crippen LogP contribution in [0.5, 0.6) is 5.75 Å². The minimum atomic E-state index is -4.68. The van der Waals surface area contributed by atoms with Crippen molar-refractivity contribution < 1.29 is 36.6 Å². The van der Waals surface area contributed by atoms with Crippen molar-refractivity contribution in [3.63, 3.8) is 0 Å². The third kappa shape index (κ3) is 7.15. The smallest absolute Gasteiger partial charge is 0.416 e. The summed E-state index contributed by atoms with van der Waals surface area (Å²) in [7, 11) is 0. The summed E-state index contributed by atoms with van der Waals surface area (Å²) < 4.78 is 69.1. The zero-order valence-corrected chi connectivity index (χ0v) is 26.4. The van der Waals surface area contributed by atoms with Crippen LogP contribution in [0.15, 0.2) is 79.0 Å². The van der Waals surface area contributed by atoms with Crippen LogP contribution in [-0.4, -0.2) is 92.5 Å². The molecule has 3 aliphatic rings. The standard InChI is InChI=1S/C35H34F4N6O4/c36-30-9-5-4-8-24(30)17-43-18-26(40-41-43)21-48-28-15-31-34(47)44-13-12-42(16-23-6-2-1-3-7-23)19-27(44)22-49-32-11-10-25(35(37,38)39)14-29(32)33(46)45(31)20-28/h1-11,14,18,27-28,31H,12-13,15-17,19-22H2/t27-,28+,31-/m0/s1. The molecule has 0 N–H and O–H groups in total. The Hall–Kier alpha value is -4.82. The quantitative estimate of drug-likeness (QED) is 0.268. The lowest BCUT2D eigenvalue weighted by Crippen LogP contribution is -2.61. The summed E-state index contributed by atoms with van der Waals surface area (Å²) in [5.41, 5.74) is 0.787. The van der Waals surface area contributed by atoms with Gasteiger partial charge >= 0.3 is 6.18 Å². The normalized spacial score (nSPS) is 21.6. The zero-order chi connectivity index (χ0) is 34.1. The molecule has 0 bridgehead atoms. The Morgan fingerprint density at radius 1 is 0.918 bits per heavy atom. The maximum atomic E-state index is 14.2. The predicted molar refractivity (Wildman–Crippen MR) is 168 cm³/mol. The third-order valence-electron chi connectivity index (χ3n) is 9.22. The van der Waals surface area contributed by atoms with Crippen LogP contribution in [0.4, 0.5) is 17.6 Å². The summed E-state index contributed by atoms with van der Waals surface area (Å²) in [5, 5.41) is 8.17. The SMILES string of the molecule is O=C1[C@@H]2C[C@@H](OCc3cn(Cc4ccccc4F)nn3)CN2C(=O)c2cc(C(F)(F)F)ccc2OC[C@@H]2CN(Cc3ccccc3)CCN12. The number of amides is 2. The van der Waals surface area contributed by atoms with Gasteiger partial charge in [0, 0.05) is 44.7 Å². The molecule has 256 valence electrons. The van der Waals surface area contributed by atoms with Gasteiger partial charge in [-0.3, -0.25) is 14.5 Å². The fraction of sp³-hybridized carbons (Fsp3) is 0.371. The van der Waals surface area contributed by atoms with Gasteiger partial charge < -0.3 is 19.3 Å². The number of hydrogen-bond donors (Lipinski definition) is 0. The molecule has 10 nitrogen and oxygen atoms in total. The monoisotopic (exact) mass is 678 g/mol. The van der Waals surface area contributed by atoms with E-state index in [0.29, 0.717) is 37.4 Å². The first kappa shape index (κ1) is 32.7. The number of benzene rings is 3. The molecular formula is C35H34F4N6O4. The molecule has 7 rings (SSSR count). The number of piperazine rings is 1. The van der Waals surface area contributed by atoms with Crippen molar-refractivity contribution in [3.05, 3.63) is 113 Å². The number of hydrogen-bond acceptors (Lipinski definition) is 7. The van der Waals surface area contributed by atoms with E-state index in [0.717, 1.165) is 17.7 Å². The van der Waals surface area contributed by atoms with Gasteiger partial charge in [0.25, 0.3) is 5.91 Å². The topological polar surface area (TPSA) is 93.0 Å². The first-order valence-electron chi connectivity index (χ1n) is 16.1. The minimum Gasteiger partial charge on any atom is -0.491 e. The van der Waals surface area contributed by atoms with E-state index in [4.69, 9.17) is 9.47 Å². The van der Waals surface area contributed by atoms with Crippen LogP contribution in [-0.2, 0) is 35.4 Å². The average molecular weight is 679 g/mol.